The lowest BCUT2D eigenvalue weighted by Crippen LogP contribution is -2.49. The molecule has 1 saturated heterocycles. The second kappa shape index (κ2) is 10.9. The van der Waals surface area contributed by atoms with Crippen molar-refractivity contribution < 1.29 is 18.0 Å². The zero-order valence-corrected chi connectivity index (χ0v) is 20.6. The Balaban J connectivity index is 1.39. The molecule has 1 fully saturated rings. The van der Waals surface area contributed by atoms with Gasteiger partial charge in [-0.25, -0.2) is 8.42 Å². The standard InChI is InChI=1S/C26H29N5O4S/c27-25(28)20-10-8-18(9-11-20)16-29-24(32)17-31-14-4-3-7-23(26(31)33)30-36(34,35)22-13-12-19-5-1-2-6-21(19)15-22/h1-2,5-6,8-13,15,23,30H,3-4,7,14,16-17H2,(H3,27,28)(H,29,32). The Labute approximate surface area is 210 Å². The third-order valence-electron chi connectivity index (χ3n) is 6.20. The molecule has 10 heteroatoms. The molecule has 1 aliphatic rings. The van der Waals surface area contributed by atoms with Gasteiger partial charge in [-0.3, -0.25) is 15.0 Å². The van der Waals surface area contributed by atoms with Crippen molar-refractivity contribution in [2.75, 3.05) is 13.1 Å². The highest BCUT2D eigenvalue weighted by Gasteiger charge is 2.32. The SMILES string of the molecule is N=C(N)c1ccc(CNC(=O)CN2CCCCC(NS(=O)(=O)c3ccc4ccccc4c3)C2=O)cc1. The van der Waals surface area contributed by atoms with Crippen molar-refractivity contribution in [1.82, 2.24) is 14.9 Å². The fourth-order valence-electron chi connectivity index (χ4n) is 4.19. The summed E-state index contributed by atoms with van der Waals surface area (Å²) in [6.45, 7) is 0.489. The molecule has 5 N–H and O–H groups in total. The van der Waals surface area contributed by atoms with E-state index in [1.54, 1.807) is 36.4 Å². The van der Waals surface area contributed by atoms with E-state index in [2.05, 4.69) is 10.0 Å². The van der Waals surface area contributed by atoms with E-state index in [1.165, 1.54) is 11.0 Å². The Bertz CT molecular complexity index is 1390. The number of nitrogens with one attached hydrogen (secondary N) is 3. The molecule has 0 aromatic heterocycles. The maximum Gasteiger partial charge on any atom is 0.241 e. The Kier molecular flexibility index (Phi) is 7.66. The first-order valence-electron chi connectivity index (χ1n) is 11.7. The number of carbonyl (C=O) groups is 2. The van der Waals surface area contributed by atoms with Crippen LogP contribution in [0.4, 0.5) is 0 Å². The van der Waals surface area contributed by atoms with Gasteiger partial charge in [-0.05, 0) is 47.7 Å². The van der Waals surface area contributed by atoms with Crippen LogP contribution in [0.1, 0.15) is 30.4 Å². The summed E-state index contributed by atoms with van der Waals surface area (Å²) < 4.78 is 28.7. The average molecular weight is 508 g/mol. The van der Waals surface area contributed by atoms with Crippen molar-refractivity contribution in [3.63, 3.8) is 0 Å². The van der Waals surface area contributed by atoms with Gasteiger partial charge in [-0.2, -0.15) is 4.72 Å². The van der Waals surface area contributed by atoms with Crippen molar-refractivity contribution in [3.8, 4) is 0 Å². The van der Waals surface area contributed by atoms with Crippen molar-refractivity contribution in [2.45, 2.75) is 36.7 Å². The maximum atomic E-state index is 13.2. The first kappa shape index (κ1) is 25.3. The van der Waals surface area contributed by atoms with Crippen LogP contribution >= 0.6 is 0 Å². The van der Waals surface area contributed by atoms with Gasteiger partial charge in [0.05, 0.1) is 11.4 Å². The van der Waals surface area contributed by atoms with E-state index in [4.69, 9.17) is 11.1 Å². The average Bonchev–Trinajstić information content (AvgIpc) is 3.03. The van der Waals surface area contributed by atoms with Crippen molar-refractivity contribution in [1.29, 1.82) is 5.41 Å². The second-order valence-electron chi connectivity index (χ2n) is 8.83. The molecule has 0 spiro atoms. The topological polar surface area (TPSA) is 145 Å². The van der Waals surface area contributed by atoms with E-state index in [9.17, 15) is 18.0 Å². The summed E-state index contributed by atoms with van der Waals surface area (Å²) in [4.78, 5) is 27.2. The summed E-state index contributed by atoms with van der Waals surface area (Å²) in [5.74, 6) is -0.772. The maximum absolute atomic E-state index is 13.2. The molecule has 0 bridgehead atoms. The predicted octanol–water partition coefficient (Wildman–Crippen LogP) is 2.10. The van der Waals surface area contributed by atoms with Crippen molar-refractivity contribution >= 4 is 38.4 Å². The summed E-state index contributed by atoms with van der Waals surface area (Å²) in [6, 6.07) is 18.3. The Morgan fingerprint density at radius 1 is 1.03 bits per heavy atom. The molecule has 0 saturated carbocycles. The molecule has 36 heavy (non-hydrogen) atoms. The minimum absolute atomic E-state index is 0.0314. The number of hydrogen-bond donors (Lipinski definition) is 4. The van der Waals surface area contributed by atoms with Gasteiger partial charge in [-0.15, -0.1) is 0 Å². The number of rotatable bonds is 8. The van der Waals surface area contributed by atoms with Crippen LogP contribution in [0.15, 0.2) is 71.6 Å². The van der Waals surface area contributed by atoms with Crippen LogP contribution in [-0.2, 0) is 26.2 Å². The first-order valence-corrected chi connectivity index (χ1v) is 13.2. The number of amides is 2. The number of hydrogen-bond acceptors (Lipinski definition) is 5. The monoisotopic (exact) mass is 507 g/mol. The molecule has 188 valence electrons. The predicted molar refractivity (Wildman–Crippen MR) is 138 cm³/mol. The quantitative estimate of drug-likeness (QED) is 0.272. The molecule has 0 radical (unpaired) electrons. The van der Waals surface area contributed by atoms with E-state index in [0.29, 0.717) is 31.4 Å². The van der Waals surface area contributed by atoms with Crippen molar-refractivity contribution in [3.05, 3.63) is 77.9 Å². The minimum Gasteiger partial charge on any atom is -0.384 e. The van der Waals surface area contributed by atoms with Crippen LogP contribution in [0.3, 0.4) is 0 Å². The van der Waals surface area contributed by atoms with Crippen LogP contribution < -0.4 is 15.8 Å². The summed E-state index contributed by atoms with van der Waals surface area (Å²) in [5, 5.41) is 11.9. The van der Waals surface area contributed by atoms with Gasteiger partial charge in [0.25, 0.3) is 0 Å². The molecule has 9 nitrogen and oxygen atoms in total. The first-order chi connectivity index (χ1) is 17.2. The van der Waals surface area contributed by atoms with Gasteiger partial charge in [0.2, 0.25) is 21.8 Å². The fraction of sp³-hybridized carbons (Fsp3) is 0.269. The molecule has 1 aliphatic heterocycles. The lowest BCUT2D eigenvalue weighted by atomic mass is 10.1. The van der Waals surface area contributed by atoms with Gasteiger partial charge >= 0.3 is 0 Å². The van der Waals surface area contributed by atoms with E-state index < -0.39 is 22.0 Å². The van der Waals surface area contributed by atoms with Crippen LogP contribution in [0, 0.1) is 5.41 Å². The van der Waals surface area contributed by atoms with Crippen LogP contribution in [-0.4, -0.2) is 50.1 Å². The summed E-state index contributed by atoms with van der Waals surface area (Å²) in [5.41, 5.74) is 6.88. The number of nitrogens with zero attached hydrogens (tertiary/aromatic N) is 1. The molecule has 1 atom stereocenters. The zero-order valence-electron chi connectivity index (χ0n) is 19.7. The molecular formula is C26H29N5O4S. The third kappa shape index (κ3) is 6.07. The number of fused-ring (bicyclic) bond motifs is 1. The van der Waals surface area contributed by atoms with Crippen LogP contribution in [0.25, 0.3) is 10.8 Å². The molecule has 1 heterocycles. The second-order valence-corrected chi connectivity index (χ2v) is 10.5. The van der Waals surface area contributed by atoms with Gasteiger partial charge < -0.3 is 16.0 Å². The smallest absolute Gasteiger partial charge is 0.241 e. The Morgan fingerprint density at radius 2 is 1.75 bits per heavy atom. The molecule has 0 aliphatic carbocycles. The molecule has 3 aromatic carbocycles. The minimum atomic E-state index is -3.93. The van der Waals surface area contributed by atoms with Gasteiger partial charge in [0, 0.05) is 18.7 Å². The van der Waals surface area contributed by atoms with Crippen LogP contribution in [0.5, 0.6) is 0 Å². The summed E-state index contributed by atoms with van der Waals surface area (Å²) in [6.07, 6.45) is 1.71. The van der Waals surface area contributed by atoms with E-state index in [0.717, 1.165) is 16.3 Å². The molecular weight excluding hydrogens is 478 g/mol. The molecule has 1 unspecified atom stereocenters. The fourth-order valence-corrected chi connectivity index (χ4v) is 5.45. The lowest BCUT2D eigenvalue weighted by Gasteiger charge is -2.24. The number of nitrogen functional groups attached to an aromatic ring is 1. The number of carbonyl (C=O) groups excluding carboxylic acids is 2. The third-order valence-corrected chi connectivity index (χ3v) is 7.67. The highest BCUT2D eigenvalue weighted by molar-refractivity contribution is 7.89. The number of sulfonamides is 1. The number of benzene rings is 3. The lowest BCUT2D eigenvalue weighted by molar-refractivity contribution is -0.136. The van der Waals surface area contributed by atoms with Crippen molar-refractivity contribution in [2.24, 2.45) is 5.73 Å². The Hall–Kier alpha value is -3.76. The normalized spacial score (nSPS) is 16.5. The number of likely N-dealkylation sites (tertiary alicyclic amines) is 1. The molecule has 2 amide bonds. The summed E-state index contributed by atoms with van der Waals surface area (Å²) >= 11 is 0. The van der Waals surface area contributed by atoms with Crippen LogP contribution in [0.2, 0.25) is 0 Å². The Morgan fingerprint density at radius 3 is 2.47 bits per heavy atom. The zero-order chi connectivity index (χ0) is 25.7. The van der Waals surface area contributed by atoms with E-state index >= 15 is 0 Å². The largest absolute Gasteiger partial charge is 0.384 e. The van der Waals surface area contributed by atoms with Gasteiger partial charge in [0.1, 0.15) is 11.9 Å². The molecule has 4 rings (SSSR count). The molecule has 3 aromatic rings. The number of amidine groups is 1. The van der Waals surface area contributed by atoms with E-state index in [-0.39, 0.29) is 29.7 Å². The number of nitrogens with two attached hydrogens (primary N) is 1. The van der Waals surface area contributed by atoms with E-state index in [1.807, 2.05) is 24.3 Å². The van der Waals surface area contributed by atoms with Gasteiger partial charge in [-0.1, -0.05) is 54.6 Å². The van der Waals surface area contributed by atoms with Gasteiger partial charge in [0.15, 0.2) is 0 Å². The highest BCUT2D eigenvalue weighted by atomic mass is 32.2. The highest BCUT2D eigenvalue weighted by Crippen LogP contribution is 2.21. The summed E-state index contributed by atoms with van der Waals surface area (Å²) in [7, 11) is -3.93.